The van der Waals surface area contributed by atoms with Gasteiger partial charge in [0.1, 0.15) is 5.65 Å². The molecular formula is C23H22ClN3O3. The van der Waals surface area contributed by atoms with Gasteiger partial charge in [-0.05, 0) is 48.7 Å². The van der Waals surface area contributed by atoms with Gasteiger partial charge in [-0.3, -0.25) is 9.20 Å². The molecule has 3 aromatic rings. The molecule has 0 aliphatic carbocycles. The van der Waals surface area contributed by atoms with E-state index in [-0.39, 0.29) is 11.9 Å². The Morgan fingerprint density at radius 2 is 2.00 bits per heavy atom. The van der Waals surface area contributed by atoms with Crippen molar-refractivity contribution in [2.75, 3.05) is 19.8 Å². The average Bonchev–Trinajstić information content (AvgIpc) is 3.29. The zero-order valence-electron chi connectivity index (χ0n) is 16.5. The van der Waals surface area contributed by atoms with Crippen LogP contribution < -0.4 is 9.47 Å². The Labute approximate surface area is 179 Å². The van der Waals surface area contributed by atoms with E-state index in [1.165, 1.54) is 0 Å². The fourth-order valence-electron chi connectivity index (χ4n) is 4.15. The molecule has 154 valence electrons. The van der Waals surface area contributed by atoms with Gasteiger partial charge in [-0.1, -0.05) is 23.7 Å². The Hall–Kier alpha value is -2.99. The Morgan fingerprint density at radius 1 is 1.13 bits per heavy atom. The summed E-state index contributed by atoms with van der Waals surface area (Å²) >= 11 is 6.28. The molecule has 5 rings (SSSR count). The zero-order chi connectivity index (χ0) is 20.5. The average molecular weight is 424 g/mol. The predicted octanol–water partition coefficient (Wildman–Crippen LogP) is 4.53. The summed E-state index contributed by atoms with van der Waals surface area (Å²) in [5.41, 5.74) is 2.53. The van der Waals surface area contributed by atoms with E-state index in [0.29, 0.717) is 24.1 Å². The monoisotopic (exact) mass is 423 g/mol. The number of rotatable bonds is 3. The predicted molar refractivity (Wildman–Crippen MR) is 115 cm³/mol. The maximum absolute atomic E-state index is 13.0. The van der Waals surface area contributed by atoms with Crippen molar-refractivity contribution in [1.82, 2.24) is 14.3 Å². The molecule has 1 unspecified atom stereocenters. The molecular weight excluding hydrogens is 402 g/mol. The number of imidazole rings is 1. The van der Waals surface area contributed by atoms with Crippen LogP contribution in [0.2, 0.25) is 5.15 Å². The van der Waals surface area contributed by atoms with Crippen LogP contribution in [0.15, 0.2) is 48.7 Å². The molecule has 4 heterocycles. The van der Waals surface area contributed by atoms with E-state index in [0.717, 1.165) is 48.5 Å². The maximum atomic E-state index is 13.0. The molecule has 0 N–H and O–H groups in total. The third-order valence-electron chi connectivity index (χ3n) is 5.60. The van der Waals surface area contributed by atoms with Crippen LogP contribution in [0.5, 0.6) is 11.5 Å². The van der Waals surface area contributed by atoms with Crippen molar-refractivity contribution in [2.24, 2.45) is 0 Å². The second-order valence-electron chi connectivity index (χ2n) is 7.50. The van der Waals surface area contributed by atoms with Crippen molar-refractivity contribution in [3.63, 3.8) is 0 Å². The van der Waals surface area contributed by atoms with E-state index in [9.17, 15) is 4.79 Å². The van der Waals surface area contributed by atoms with E-state index in [1.807, 2.05) is 51.9 Å². The Morgan fingerprint density at radius 3 is 2.90 bits per heavy atom. The zero-order valence-corrected chi connectivity index (χ0v) is 17.2. The molecule has 0 bridgehead atoms. The SMILES string of the molecule is O=C(/C=C/c1c(Cl)nc2ccccn12)N1CCCC1c1ccc2c(c1)OCCCO2. The van der Waals surface area contributed by atoms with Gasteiger partial charge in [0.05, 0.1) is 24.9 Å². The highest BCUT2D eigenvalue weighted by atomic mass is 35.5. The molecule has 1 amide bonds. The third-order valence-corrected chi connectivity index (χ3v) is 5.88. The first-order valence-corrected chi connectivity index (χ1v) is 10.6. The molecule has 6 nitrogen and oxygen atoms in total. The molecule has 2 aromatic heterocycles. The lowest BCUT2D eigenvalue weighted by Crippen LogP contribution is -2.28. The number of pyridine rings is 1. The van der Waals surface area contributed by atoms with E-state index >= 15 is 0 Å². The van der Waals surface area contributed by atoms with E-state index in [4.69, 9.17) is 21.1 Å². The first-order chi connectivity index (χ1) is 14.7. The van der Waals surface area contributed by atoms with Crippen molar-refractivity contribution in [2.45, 2.75) is 25.3 Å². The number of amides is 1. The van der Waals surface area contributed by atoms with Gasteiger partial charge in [0.25, 0.3) is 0 Å². The smallest absolute Gasteiger partial charge is 0.247 e. The summed E-state index contributed by atoms with van der Waals surface area (Å²) in [6, 6.07) is 11.7. The number of hydrogen-bond acceptors (Lipinski definition) is 4. The lowest BCUT2D eigenvalue weighted by Gasteiger charge is -2.24. The summed E-state index contributed by atoms with van der Waals surface area (Å²) in [5, 5.41) is 0.381. The van der Waals surface area contributed by atoms with Crippen LogP contribution in [0.25, 0.3) is 11.7 Å². The molecule has 30 heavy (non-hydrogen) atoms. The first kappa shape index (κ1) is 19.0. The van der Waals surface area contributed by atoms with Crippen LogP contribution >= 0.6 is 11.6 Å². The minimum atomic E-state index is -0.0356. The van der Waals surface area contributed by atoms with Gasteiger partial charge in [-0.2, -0.15) is 0 Å². The maximum Gasteiger partial charge on any atom is 0.247 e. The number of halogens is 1. The molecule has 1 fully saturated rings. The molecule has 1 atom stereocenters. The van der Waals surface area contributed by atoms with Crippen LogP contribution in [0.1, 0.15) is 36.6 Å². The van der Waals surface area contributed by atoms with Crippen molar-refractivity contribution < 1.29 is 14.3 Å². The molecule has 1 saturated heterocycles. The van der Waals surface area contributed by atoms with Gasteiger partial charge >= 0.3 is 0 Å². The van der Waals surface area contributed by atoms with Crippen molar-refractivity contribution in [1.29, 1.82) is 0 Å². The number of fused-ring (bicyclic) bond motifs is 2. The van der Waals surface area contributed by atoms with Crippen molar-refractivity contribution in [3.8, 4) is 11.5 Å². The number of carbonyl (C=O) groups is 1. The third kappa shape index (κ3) is 3.52. The fraction of sp³-hybridized carbons (Fsp3) is 0.304. The molecule has 2 aliphatic rings. The minimum absolute atomic E-state index is 0.0250. The largest absolute Gasteiger partial charge is 0.490 e. The number of hydrogen-bond donors (Lipinski definition) is 0. The summed E-state index contributed by atoms with van der Waals surface area (Å²) in [6.45, 7) is 2.03. The fourth-order valence-corrected chi connectivity index (χ4v) is 4.39. The van der Waals surface area contributed by atoms with Gasteiger partial charge < -0.3 is 14.4 Å². The van der Waals surface area contributed by atoms with E-state index in [2.05, 4.69) is 4.98 Å². The summed E-state index contributed by atoms with van der Waals surface area (Å²) < 4.78 is 13.4. The summed E-state index contributed by atoms with van der Waals surface area (Å²) in [5.74, 6) is 1.50. The van der Waals surface area contributed by atoms with Crippen molar-refractivity contribution in [3.05, 3.63) is 65.1 Å². The number of ether oxygens (including phenoxy) is 2. The van der Waals surface area contributed by atoms with E-state index < -0.39 is 0 Å². The van der Waals surface area contributed by atoms with Crippen LogP contribution in [0.3, 0.4) is 0 Å². The molecule has 7 heteroatoms. The molecule has 0 saturated carbocycles. The summed E-state index contributed by atoms with van der Waals surface area (Å²) in [7, 11) is 0. The van der Waals surface area contributed by atoms with Gasteiger partial charge in [-0.15, -0.1) is 0 Å². The Kier molecular flexibility index (Phi) is 5.09. The summed E-state index contributed by atoms with van der Waals surface area (Å²) in [4.78, 5) is 19.3. The normalized spacial score (nSPS) is 18.8. The number of likely N-dealkylation sites (tertiary alicyclic amines) is 1. The lowest BCUT2D eigenvalue weighted by atomic mass is 10.0. The number of aromatic nitrogens is 2. The second kappa shape index (κ2) is 8.03. The van der Waals surface area contributed by atoms with Crippen molar-refractivity contribution >= 4 is 29.2 Å². The Balaban J connectivity index is 1.38. The van der Waals surface area contributed by atoms with Gasteiger partial charge in [0.15, 0.2) is 16.7 Å². The van der Waals surface area contributed by atoms with Crippen LogP contribution in [0, 0.1) is 0 Å². The molecule has 0 spiro atoms. The van der Waals surface area contributed by atoms with Gasteiger partial charge in [0.2, 0.25) is 5.91 Å². The molecule has 1 aromatic carbocycles. The van der Waals surface area contributed by atoms with Crippen LogP contribution in [-0.2, 0) is 4.79 Å². The molecule has 2 aliphatic heterocycles. The first-order valence-electron chi connectivity index (χ1n) is 10.2. The van der Waals surface area contributed by atoms with Crippen LogP contribution in [0.4, 0.5) is 0 Å². The quantitative estimate of drug-likeness (QED) is 0.581. The van der Waals surface area contributed by atoms with Gasteiger partial charge in [0, 0.05) is 25.2 Å². The van der Waals surface area contributed by atoms with E-state index in [1.54, 1.807) is 12.2 Å². The topological polar surface area (TPSA) is 56.1 Å². The number of nitrogens with zero attached hydrogens (tertiary/aromatic N) is 3. The van der Waals surface area contributed by atoms with Crippen LogP contribution in [-0.4, -0.2) is 40.0 Å². The lowest BCUT2D eigenvalue weighted by molar-refractivity contribution is -0.126. The second-order valence-corrected chi connectivity index (χ2v) is 7.85. The number of carbonyl (C=O) groups excluding carboxylic acids is 1. The van der Waals surface area contributed by atoms with Gasteiger partial charge in [-0.25, -0.2) is 4.98 Å². The Bertz CT molecular complexity index is 1120. The highest BCUT2D eigenvalue weighted by molar-refractivity contribution is 6.31. The number of benzene rings is 1. The standard InChI is InChI=1S/C23H22ClN3O3/c24-23-18(26-11-2-1-6-21(26)25-23)8-10-22(28)27-12-3-5-17(27)16-7-9-19-20(15-16)30-14-4-13-29-19/h1-2,6-11,15,17H,3-5,12-14H2/b10-8+. The highest BCUT2D eigenvalue weighted by Gasteiger charge is 2.29. The highest BCUT2D eigenvalue weighted by Crippen LogP contribution is 2.38. The minimum Gasteiger partial charge on any atom is -0.490 e. The molecule has 0 radical (unpaired) electrons. The summed E-state index contributed by atoms with van der Waals surface area (Å²) in [6.07, 6.45) is 7.98.